The molecule has 0 fully saturated rings. The average molecular weight is 376 g/mol. The summed E-state index contributed by atoms with van der Waals surface area (Å²) in [5.41, 5.74) is 6.44. The number of aryl methyl sites for hydroxylation is 1. The number of aromatic nitrogens is 4. The third-order valence-corrected chi connectivity index (χ3v) is 3.78. The van der Waals surface area contributed by atoms with Gasteiger partial charge in [0.2, 0.25) is 5.95 Å². The van der Waals surface area contributed by atoms with Crippen LogP contribution in [0.25, 0.3) is 0 Å². The van der Waals surface area contributed by atoms with Gasteiger partial charge in [-0.2, -0.15) is 10.1 Å². The van der Waals surface area contributed by atoms with Crippen LogP contribution in [-0.4, -0.2) is 25.7 Å². The lowest BCUT2D eigenvalue weighted by Gasteiger charge is -2.11. The largest absolute Gasteiger partial charge is 0.365 e. The van der Waals surface area contributed by atoms with Gasteiger partial charge in [0.15, 0.2) is 0 Å². The second kappa shape index (κ2) is 7.36. The van der Waals surface area contributed by atoms with Crippen molar-refractivity contribution in [2.24, 2.45) is 12.8 Å². The van der Waals surface area contributed by atoms with E-state index in [0.717, 1.165) is 0 Å². The third kappa shape index (κ3) is 3.89. The molecule has 4 N–H and O–H groups in total. The Bertz CT molecular complexity index is 960. The van der Waals surface area contributed by atoms with Gasteiger partial charge in [-0.1, -0.05) is 23.7 Å². The van der Waals surface area contributed by atoms with Gasteiger partial charge in [0.25, 0.3) is 5.91 Å². The molecule has 0 unspecified atom stereocenters. The zero-order valence-electron chi connectivity index (χ0n) is 13.7. The number of rotatable bonds is 6. The highest BCUT2D eigenvalue weighted by Crippen LogP contribution is 2.21. The molecular formula is C16H15ClFN7O. The minimum atomic E-state index is -0.702. The zero-order chi connectivity index (χ0) is 18.7. The number of nitrogens with two attached hydrogens (primary N) is 1. The van der Waals surface area contributed by atoms with Crippen molar-refractivity contribution in [1.82, 2.24) is 19.7 Å². The minimum absolute atomic E-state index is 0.0149. The van der Waals surface area contributed by atoms with Crippen molar-refractivity contribution in [2.75, 3.05) is 10.6 Å². The van der Waals surface area contributed by atoms with Crippen LogP contribution in [-0.2, 0) is 13.6 Å². The van der Waals surface area contributed by atoms with Crippen LogP contribution in [0.1, 0.15) is 15.9 Å². The Labute approximate surface area is 153 Å². The maximum atomic E-state index is 14.0. The Morgan fingerprint density at radius 1 is 1.38 bits per heavy atom. The summed E-state index contributed by atoms with van der Waals surface area (Å²) < 4.78 is 15.6. The van der Waals surface area contributed by atoms with E-state index in [4.69, 9.17) is 17.3 Å². The van der Waals surface area contributed by atoms with Crippen molar-refractivity contribution >= 4 is 35.0 Å². The van der Waals surface area contributed by atoms with E-state index >= 15 is 0 Å². The molecular weight excluding hydrogens is 361 g/mol. The number of anilines is 3. The number of hydrogen-bond acceptors (Lipinski definition) is 6. The standard InChI is InChI=1S/C16H15ClFN7O/c1-25-8-10(6-22-25)23-16-21-7-11(14(19)26)15(24-16)20-5-9-3-2-4-12(17)13(9)18/h2-4,6-8H,5H2,1H3,(H2,19,26)(H2,20,21,23,24). The van der Waals surface area contributed by atoms with E-state index < -0.39 is 11.7 Å². The molecule has 2 aromatic heterocycles. The molecule has 2 heterocycles. The molecule has 26 heavy (non-hydrogen) atoms. The van der Waals surface area contributed by atoms with Gasteiger partial charge in [-0.05, 0) is 6.07 Å². The Kier molecular flexibility index (Phi) is 4.99. The lowest BCUT2D eigenvalue weighted by Crippen LogP contribution is -2.17. The zero-order valence-corrected chi connectivity index (χ0v) is 14.5. The van der Waals surface area contributed by atoms with Gasteiger partial charge in [-0.25, -0.2) is 9.37 Å². The summed E-state index contributed by atoms with van der Waals surface area (Å²) in [5.74, 6) is -0.826. The normalized spacial score (nSPS) is 10.6. The fourth-order valence-electron chi connectivity index (χ4n) is 2.24. The Balaban J connectivity index is 1.84. The van der Waals surface area contributed by atoms with E-state index in [1.807, 2.05) is 0 Å². The van der Waals surface area contributed by atoms with Gasteiger partial charge in [0, 0.05) is 31.5 Å². The topological polar surface area (TPSA) is 111 Å². The number of carbonyl (C=O) groups excluding carboxylic acids is 1. The molecule has 0 aliphatic heterocycles. The van der Waals surface area contributed by atoms with Gasteiger partial charge in [-0.15, -0.1) is 0 Å². The van der Waals surface area contributed by atoms with Crippen LogP contribution < -0.4 is 16.4 Å². The van der Waals surface area contributed by atoms with Crippen LogP contribution in [0, 0.1) is 5.82 Å². The van der Waals surface area contributed by atoms with Crippen molar-refractivity contribution in [3.05, 3.63) is 58.8 Å². The molecule has 0 radical (unpaired) electrons. The van der Waals surface area contributed by atoms with E-state index in [9.17, 15) is 9.18 Å². The molecule has 0 spiro atoms. The van der Waals surface area contributed by atoms with E-state index in [1.165, 1.54) is 12.3 Å². The molecule has 8 nitrogen and oxygen atoms in total. The highest BCUT2D eigenvalue weighted by molar-refractivity contribution is 6.30. The molecule has 3 aromatic rings. The van der Waals surface area contributed by atoms with Gasteiger partial charge in [0.05, 0.1) is 22.5 Å². The van der Waals surface area contributed by atoms with Crippen molar-refractivity contribution in [1.29, 1.82) is 0 Å². The number of hydrogen-bond donors (Lipinski definition) is 3. The predicted molar refractivity (Wildman–Crippen MR) is 95.8 cm³/mol. The summed E-state index contributed by atoms with van der Waals surface area (Å²) in [6, 6.07) is 4.66. The van der Waals surface area contributed by atoms with Crippen molar-refractivity contribution in [3.8, 4) is 0 Å². The summed E-state index contributed by atoms with van der Waals surface area (Å²) in [7, 11) is 1.77. The number of benzene rings is 1. The van der Waals surface area contributed by atoms with E-state index in [1.54, 1.807) is 36.3 Å². The van der Waals surface area contributed by atoms with Gasteiger partial charge < -0.3 is 16.4 Å². The fourth-order valence-corrected chi connectivity index (χ4v) is 2.43. The van der Waals surface area contributed by atoms with Gasteiger partial charge >= 0.3 is 0 Å². The summed E-state index contributed by atoms with van der Waals surface area (Å²) in [6.07, 6.45) is 4.63. The van der Waals surface area contributed by atoms with E-state index in [2.05, 4.69) is 25.7 Å². The molecule has 10 heteroatoms. The van der Waals surface area contributed by atoms with Crippen LogP contribution in [0.5, 0.6) is 0 Å². The highest BCUT2D eigenvalue weighted by atomic mass is 35.5. The van der Waals surface area contributed by atoms with Crippen LogP contribution in [0.3, 0.4) is 0 Å². The first kappa shape index (κ1) is 17.6. The SMILES string of the molecule is Cn1cc(Nc2ncc(C(N)=O)c(NCc3cccc(Cl)c3F)n2)cn1. The first-order valence-electron chi connectivity index (χ1n) is 7.53. The molecule has 0 aliphatic carbocycles. The summed E-state index contributed by atoms with van der Waals surface area (Å²) >= 11 is 5.77. The smallest absolute Gasteiger partial charge is 0.254 e. The first-order valence-corrected chi connectivity index (χ1v) is 7.91. The molecule has 0 saturated heterocycles. The van der Waals surface area contributed by atoms with Gasteiger partial charge in [0.1, 0.15) is 11.6 Å². The second-order valence-electron chi connectivity index (χ2n) is 5.41. The Morgan fingerprint density at radius 2 is 2.19 bits per heavy atom. The maximum absolute atomic E-state index is 14.0. The molecule has 0 aliphatic rings. The van der Waals surface area contributed by atoms with Crippen LogP contribution in [0.2, 0.25) is 5.02 Å². The number of nitrogens with zero attached hydrogens (tertiary/aromatic N) is 4. The number of nitrogens with one attached hydrogen (secondary N) is 2. The molecule has 0 atom stereocenters. The van der Waals surface area contributed by atoms with Crippen molar-refractivity contribution < 1.29 is 9.18 Å². The minimum Gasteiger partial charge on any atom is -0.365 e. The van der Waals surface area contributed by atoms with Crippen molar-refractivity contribution in [2.45, 2.75) is 6.54 Å². The molecule has 1 amide bonds. The number of primary amides is 1. The van der Waals surface area contributed by atoms with Crippen LogP contribution >= 0.6 is 11.6 Å². The summed E-state index contributed by atoms with van der Waals surface area (Å²) in [5, 5.41) is 9.90. The number of carbonyl (C=O) groups is 1. The summed E-state index contributed by atoms with van der Waals surface area (Å²) in [4.78, 5) is 19.9. The first-order chi connectivity index (χ1) is 12.4. The lowest BCUT2D eigenvalue weighted by molar-refractivity contribution is 0.100. The quantitative estimate of drug-likeness (QED) is 0.610. The lowest BCUT2D eigenvalue weighted by atomic mass is 10.2. The molecule has 0 bridgehead atoms. The van der Waals surface area contributed by atoms with E-state index in [-0.39, 0.29) is 28.9 Å². The summed E-state index contributed by atoms with van der Waals surface area (Å²) in [6.45, 7) is 0.0655. The average Bonchev–Trinajstić information content (AvgIpc) is 3.01. The molecule has 134 valence electrons. The fraction of sp³-hybridized carbons (Fsp3) is 0.125. The van der Waals surface area contributed by atoms with Crippen LogP contribution in [0.15, 0.2) is 36.8 Å². The number of amides is 1. The second-order valence-corrected chi connectivity index (χ2v) is 5.82. The highest BCUT2D eigenvalue weighted by Gasteiger charge is 2.14. The predicted octanol–water partition coefficient (Wildman–Crippen LogP) is 2.46. The Morgan fingerprint density at radius 3 is 2.88 bits per heavy atom. The van der Waals surface area contributed by atoms with Crippen molar-refractivity contribution in [3.63, 3.8) is 0 Å². The third-order valence-electron chi connectivity index (χ3n) is 3.49. The maximum Gasteiger partial charge on any atom is 0.254 e. The molecule has 0 saturated carbocycles. The van der Waals surface area contributed by atoms with Gasteiger partial charge in [-0.3, -0.25) is 9.48 Å². The Hall–Kier alpha value is -3.20. The van der Waals surface area contributed by atoms with Crippen LogP contribution in [0.4, 0.5) is 21.8 Å². The molecule has 3 rings (SSSR count). The monoisotopic (exact) mass is 375 g/mol. The number of halogens is 2. The van der Waals surface area contributed by atoms with E-state index in [0.29, 0.717) is 11.3 Å². The molecule has 1 aromatic carbocycles.